The van der Waals surface area contributed by atoms with Crippen molar-refractivity contribution >= 4 is 34.2 Å². The smallest absolute Gasteiger partial charge is 0.241 e. The van der Waals surface area contributed by atoms with Crippen LogP contribution in [-0.4, -0.2) is 18.0 Å². The molecule has 4 heteroatoms. The SMILES string of the molecule is C[C@@H](NC1CC1)C(=O)Nc1ccccc1I. The van der Waals surface area contributed by atoms with E-state index in [1.807, 2.05) is 31.2 Å². The maximum Gasteiger partial charge on any atom is 0.241 e. The lowest BCUT2D eigenvalue weighted by atomic mass is 10.2. The average molecular weight is 330 g/mol. The maximum absolute atomic E-state index is 11.9. The minimum absolute atomic E-state index is 0.0380. The molecule has 0 spiro atoms. The Bertz CT molecular complexity index is 390. The first kappa shape index (κ1) is 11.9. The van der Waals surface area contributed by atoms with Gasteiger partial charge in [0.1, 0.15) is 0 Å². The summed E-state index contributed by atoms with van der Waals surface area (Å²) in [5.74, 6) is 0.0380. The molecule has 1 aliphatic carbocycles. The molecule has 1 amide bonds. The lowest BCUT2D eigenvalue weighted by Crippen LogP contribution is -2.39. The second-order valence-electron chi connectivity index (χ2n) is 4.13. The number of nitrogens with one attached hydrogen (secondary N) is 2. The number of halogens is 1. The number of carbonyl (C=O) groups excluding carboxylic acids is 1. The third kappa shape index (κ3) is 3.18. The number of hydrogen-bond acceptors (Lipinski definition) is 2. The van der Waals surface area contributed by atoms with Gasteiger partial charge in [0.15, 0.2) is 0 Å². The van der Waals surface area contributed by atoms with E-state index in [2.05, 4.69) is 33.2 Å². The predicted octanol–water partition coefficient (Wildman–Crippen LogP) is 2.37. The topological polar surface area (TPSA) is 41.1 Å². The Hall–Kier alpha value is -0.620. The quantitative estimate of drug-likeness (QED) is 0.833. The number of hydrogen-bond donors (Lipinski definition) is 2. The molecule has 1 aliphatic rings. The molecule has 0 unspecified atom stereocenters. The van der Waals surface area contributed by atoms with Gasteiger partial charge in [-0.25, -0.2) is 0 Å². The largest absolute Gasteiger partial charge is 0.324 e. The van der Waals surface area contributed by atoms with Gasteiger partial charge < -0.3 is 10.6 Å². The minimum Gasteiger partial charge on any atom is -0.324 e. The first-order chi connectivity index (χ1) is 7.66. The highest BCUT2D eigenvalue weighted by molar-refractivity contribution is 14.1. The molecule has 0 bridgehead atoms. The van der Waals surface area contributed by atoms with Crippen LogP contribution in [0.3, 0.4) is 0 Å². The van der Waals surface area contributed by atoms with E-state index in [1.165, 1.54) is 12.8 Å². The summed E-state index contributed by atoms with van der Waals surface area (Å²) in [5.41, 5.74) is 0.887. The molecule has 86 valence electrons. The lowest BCUT2D eigenvalue weighted by molar-refractivity contribution is -0.117. The Kier molecular flexibility index (Phi) is 3.81. The fourth-order valence-electron chi connectivity index (χ4n) is 1.48. The highest BCUT2D eigenvalue weighted by atomic mass is 127. The van der Waals surface area contributed by atoms with Gasteiger partial charge >= 0.3 is 0 Å². The zero-order valence-corrected chi connectivity index (χ0v) is 11.3. The summed E-state index contributed by atoms with van der Waals surface area (Å²) in [4.78, 5) is 11.9. The number of carbonyl (C=O) groups is 1. The molecule has 3 nitrogen and oxygen atoms in total. The minimum atomic E-state index is -0.122. The molecule has 2 rings (SSSR count). The summed E-state index contributed by atoms with van der Waals surface area (Å²) < 4.78 is 1.06. The van der Waals surface area contributed by atoms with Gasteiger partial charge in [0.2, 0.25) is 5.91 Å². The number of benzene rings is 1. The third-order valence-electron chi connectivity index (χ3n) is 2.59. The van der Waals surface area contributed by atoms with Gasteiger partial charge in [0.25, 0.3) is 0 Å². The van der Waals surface area contributed by atoms with E-state index in [1.54, 1.807) is 0 Å². The monoisotopic (exact) mass is 330 g/mol. The summed E-state index contributed by atoms with van der Waals surface area (Å²) in [5, 5.41) is 6.21. The van der Waals surface area contributed by atoms with Gasteiger partial charge in [-0.1, -0.05) is 12.1 Å². The van der Waals surface area contributed by atoms with E-state index in [4.69, 9.17) is 0 Å². The van der Waals surface area contributed by atoms with E-state index in [0.29, 0.717) is 6.04 Å². The normalized spacial score (nSPS) is 16.9. The van der Waals surface area contributed by atoms with E-state index in [9.17, 15) is 4.79 Å². The van der Waals surface area contributed by atoms with Crippen molar-refractivity contribution in [2.24, 2.45) is 0 Å². The van der Waals surface area contributed by atoms with E-state index in [-0.39, 0.29) is 11.9 Å². The lowest BCUT2D eigenvalue weighted by Gasteiger charge is -2.14. The molecule has 2 N–H and O–H groups in total. The average Bonchev–Trinajstić information content (AvgIpc) is 3.05. The van der Waals surface area contributed by atoms with Gasteiger partial charge in [-0.2, -0.15) is 0 Å². The standard InChI is InChI=1S/C12H15IN2O/c1-8(14-9-6-7-9)12(16)15-11-5-3-2-4-10(11)13/h2-5,8-9,14H,6-7H2,1H3,(H,15,16)/t8-/m1/s1. The predicted molar refractivity (Wildman–Crippen MR) is 73.4 cm³/mol. The van der Waals surface area contributed by atoms with Crippen LogP contribution in [0.5, 0.6) is 0 Å². The van der Waals surface area contributed by atoms with Gasteiger partial charge in [0.05, 0.1) is 11.7 Å². The fourth-order valence-corrected chi connectivity index (χ4v) is 2.01. The maximum atomic E-state index is 11.9. The Labute approximate surface area is 109 Å². The Morgan fingerprint density at radius 2 is 2.12 bits per heavy atom. The molecule has 1 aromatic rings. The molecular weight excluding hydrogens is 315 g/mol. The summed E-state index contributed by atoms with van der Waals surface area (Å²) in [6.07, 6.45) is 2.39. The van der Waals surface area contributed by atoms with Crippen molar-refractivity contribution in [3.05, 3.63) is 27.8 Å². The van der Waals surface area contributed by atoms with Gasteiger partial charge in [0, 0.05) is 9.61 Å². The number of amides is 1. The molecule has 0 aromatic heterocycles. The van der Waals surface area contributed by atoms with Crippen LogP contribution in [0.2, 0.25) is 0 Å². The molecule has 1 atom stereocenters. The van der Waals surface area contributed by atoms with Crippen LogP contribution in [0.4, 0.5) is 5.69 Å². The van der Waals surface area contributed by atoms with Crippen LogP contribution in [0.15, 0.2) is 24.3 Å². The van der Waals surface area contributed by atoms with Crippen molar-refractivity contribution in [3.63, 3.8) is 0 Å². The summed E-state index contributed by atoms with van der Waals surface area (Å²) in [6.45, 7) is 1.91. The molecule has 0 heterocycles. The molecule has 1 fully saturated rings. The molecule has 0 saturated heterocycles. The van der Waals surface area contributed by atoms with E-state index >= 15 is 0 Å². The molecular formula is C12H15IN2O. The van der Waals surface area contributed by atoms with Crippen molar-refractivity contribution in [1.29, 1.82) is 0 Å². The van der Waals surface area contributed by atoms with Crippen molar-refractivity contribution in [1.82, 2.24) is 5.32 Å². The van der Waals surface area contributed by atoms with Crippen LogP contribution >= 0.6 is 22.6 Å². The van der Waals surface area contributed by atoms with Crippen LogP contribution in [0.1, 0.15) is 19.8 Å². The molecule has 16 heavy (non-hydrogen) atoms. The van der Waals surface area contributed by atoms with E-state index < -0.39 is 0 Å². The van der Waals surface area contributed by atoms with Crippen molar-refractivity contribution < 1.29 is 4.79 Å². The number of anilines is 1. The van der Waals surface area contributed by atoms with Crippen LogP contribution in [-0.2, 0) is 4.79 Å². The van der Waals surface area contributed by atoms with Crippen molar-refractivity contribution in [2.45, 2.75) is 31.8 Å². The molecule has 1 aromatic carbocycles. The van der Waals surface area contributed by atoms with Gasteiger partial charge in [-0.05, 0) is 54.5 Å². The Balaban J connectivity index is 1.93. The zero-order valence-electron chi connectivity index (χ0n) is 9.16. The third-order valence-corrected chi connectivity index (χ3v) is 3.53. The highest BCUT2D eigenvalue weighted by Crippen LogP contribution is 2.20. The van der Waals surface area contributed by atoms with Crippen molar-refractivity contribution in [2.75, 3.05) is 5.32 Å². The molecule has 1 saturated carbocycles. The second kappa shape index (κ2) is 5.14. The highest BCUT2D eigenvalue weighted by Gasteiger charge is 2.25. The summed E-state index contributed by atoms with van der Waals surface area (Å²) in [6, 6.07) is 8.22. The first-order valence-corrected chi connectivity index (χ1v) is 6.56. The first-order valence-electron chi connectivity index (χ1n) is 5.48. The van der Waals surface area contributed by atoms with Crippen molar-refractivity contribution in [3.8, 4) is 0 Å². The molecule has 0 radical (unpaired) electrons. The van der Waals surface area contributed by atoms with Crippen LogP contribution < -0.4 is 10.6 Å². The summed E-state index contributed by atoms with van der Waals surface area (Å²) >= 11 is 2.22. The van der Waals surface area contributed by atoms with Crippen LogP contribution in [0, 0.1) is 3.57 Å². The van der Waals surface area contributed by atoms with Gasteiger partial charge in [-0.3, -0.25) is 4.79 Å². The number of rotatable bonds is 4. The fraction of sp³-hybridized carbons (Fsp3) is 0.417. The summed E-state index contributed by atoms with van der Waals surface area (Å²) in [7, 11) is 0. The van der Waals surface area contributed by atoms with E-state index in [0.717, 1.165) is 9.26 Å². The number of para-hydroxylation sites is 1. The zero-order chi connectivity index (χ0) is 11.5. The van der Waals surface area contributed by atoms with Gasteiger partial charge in [-0.15, -0.1) is 0 Å². The second-order valence-corrected chi connectivity index (χ2v) is 5.29. The Morgan fingerprint density at radius 1 is 1.44 bits per heavy atom. The Morgan fingerprint density at radius 3 is 2.75 bits per heavy atom. The van der Waals surface area contributed by atoms with Crippen LogP contribution in [0.25, 0.3) is 0 Å². The molecule has 0 aliphatic heterocycles.